The normalized spacial score (nSPS) is 12.2. The Balaban J connectivity index is 1.64. The second-order valence-electron chi connectivity index (χ2n) is 6.27. The fourth-order valence-electron chi connectivity index (χ4n) is 3.24. The lowest BCUT2D eigenvalue weighted by molar-refractivity contribution is 0.102. The molecule has 0 fully saturated rings. The number of ether oxygens (including phenoxy) is 1. The van der Waals surface area contributed by atoms with Crippen molar-refractivity contribution in [1.82, 2.24) is 10.2 Å². The predicted octanol–water partition coefficient (Wildman–Crippen LogP) is 3.74. The van der Waals surface area contributed by atoms with Gasteiger partial charge in [-0.05, 0) is 55.7 Å². The molecule has 4 rings (SSSR count). The molecule has 1 aromatic heterocycles. The van der Waals surface area contributed by atoms with Crippen molar-refractivity contribution in [3.05, 3.63) is 64.8 Å². The van der Waals surface area contributed by atoms with Gasteiger partial charge < -0.3 is 10.1 Å². The van der Waals surface area contributed by atoms with Gasteiger partial charge in [-0.3, -0.25) is 9.89 Å². The van der Waals surface area contributed by atoms with Gasteiger partial charge in [0.05, 0.1) is 12.8 Å². The van der Waals surface area contributed by atoms with Crippen LogP contribution in [0.3, 0.4) is 0 Å². The summed E-state index contributed by atoms with van der Waals surface area (Å²) in [5, 5.41) is 10.3. The zero-order valence-corrected chi connectivity index (χ0v) is 14.2. The Labute approximate surface area is 146 Å². The SMILES string of the molecule is COc1ccc2c(c1)CCc1c-2n[nH]c1C(=O)Nc1ccc(C)cc1. The van der Waals surface area contributed by atoms with E-state index in [1.165, 1.54) is 5.56 Å². The number of amides is 1. The van der Waals surface area contributed by atoms with Crippen LogP contribution in [0.1, 0.15) is 27.2 Å². The topological polar surface area (TPSA) is 67.0 Å². The first kappa shape index (κ1) is 15.4. The number of anilines is 1. The summed E-state index contributed by atoms with van der Waals surface area (Å²) < 4.78 is 5.29. The number of fused-ring (bicyclic) bond motifs is 3. The first-order chi connectivity index (χ1) is 12.2. The maximum atomic E-state index is 12.6. The van der Waals surface area contributed by atoms with Crippen LogP contribution in [0, 0.1) is 6.92 Å². The van der Waals surface area contributed by atoms with Gasteiger partial charge in [0.1, 0.15) is 11.4 Å². The molecule has 25 heavy (non-hydrogen) atoms. The lowest BCUT2D eigenvalue weighted by Gasteiger charge is -2.17. The molecule has 126 valence electrons. The van der Waals surface area contributed by atoms with Crippen LogP contribution in [0.25, 0.3) is 11.3 Å². The molecule has 3 aromatic rings. The Morgan fingerprint density at radius 2 is 1.96 bits per heavy atom. The highest BCUT2D eigenvalue weighted by Crippen LogP contribution is 2.35. The largest absolute Gasteiger partial charge is 0.497 e. The molecule has 2 N–H and O–H groups in total. The Morgan fingerprint density at radius 1 is 1.16 bits per heavy atom. The molecule has 0 saturated heterocycles. The zero-order valence-electron chi connectivity index (χ0n) is 14.2. The van der Waals surface area contributed by atoms with E-state index in [2.05, 4.69) is 15.5 Å². The average Bonchev–Trinajstić information content (AvgIpc) is 3.07. The van der Waals surface area contributed by atoms with Crippen LogP contribution in [-0.4, -0.2) is 23.2 Å². The van der Waals surface area contributed by atoms with Crippen molar-refractivity contribution in [3.63, 3.8) is 0 Å². The van der Waals surface area contributed by atoms with Gasteiger partial charge in [0.25, 0.3) is 5.91 Å². The number of hydrogen-bond donors (Lipinski definition) is 2. The van der Waals surface area contributed by atoms with Crippen molar-refractivity contribution in [1.29, 1.82) is 0 Å². The number of methoxy groups -OCH3 is 1. The summed E-state index contributed by atoms with van der Waals surface area (Å²) >= 11 is 0. The van der Waals surface area contributed by atoms with Gasteiger partial charge in [0.2, 0.25) is 0 Å². The van der Waals surface area contributed by atoms with Gasteiger partial charge >= 0.3 is 0 Å². The molecule has 1 aliphatic rings. The second kappa shape index (κ2) is 6.09. The lowest BCUT2D eigenvalue weighted by Crippen LogP contribution is -2.15. The third-order valence-electron chi connectivity index (χ3n) is 4.62. The number of nitrogens with one attached hydrogen (secondary N) is 2. The molecule has 5 nitrogen and oxygen atoms in total. The van der Waals surface area contributed by atoms with E-state index in [9.17, 15) is 4.79 Å². The molecule has 0 saturated carbocycles. The number of aryl methyl sites for hydroxylation is 2. The Bertz CT molecular complexity index is 942. The number of carbonyl (C=O) groups excluding carboxylic acids is 1. The molecule has 2 aromatic carbocycles. The molecule has 1 amide bonds. The summed E-state index contributed by atoms with van der Waals surface area (Å²) in [6.45, 7) is 2.02. The molecular weight excluding hydrogens is 314 g/mol. The fraction of sp³-hybridized carbons (Fsp3) is 0.200. The van der Waals surface area contributed by atoms with Crippen LogP contribution in [0.4, 0.5) is 5.69 Å². The number of aromatic nitrogens is 2. The number of rotatable bonds is 3. The molecule has 0 aliphatic heterocycles. The van der Waals surface area contributed by atoms with Crippen molar-refractivity contribution in [2.75, 3.05) is 12.4 Å². The van der Waals surface area contributed by atoms with E-state index in [0.29, 0.717) is 5.69 Å². The number of hydrogen-bond acceptors (Lipinski definition) is 3. The smallest absolute Gasteiger partial charge is 0.273 e. The number of carbonyl (C=O) groups is 1. The standard InChI is InChI=1S/C20H19N3O2/c1-12-3-6-14(7-4-12)21-20(24)19-17-9-5-13-11-15(25-2)8-10-16(13)18(17)22-23-19/h3-4,6-8,10-11H,5,9H2,1-2H3,(H,21,24)(H,22,23). The molecule has 1 aliphatic carbocycles. The average molecular weight is 333 g/mol. The molecule has 1 heterocycles. The molecular formula is C20H19N3O2. The molecule has 0 atom stereocenters. The van der Waals surface area contributed by atoms with Crippen molar-refractivity contribution < 1.29 is 9.53 Å². The third kappa shape index (κ3) is 2.78. The monoisotopic (exact) mass is 333 g/mol. The summed E-state index contributed by atoms with van der Waals surface area (Å²) in [4.78, 5) is 12.6. The summed E-state index contributed by atoms with van der Waals surface area (Å²) in [6, 6.07) is 13.7. The first-order valence-electron chi connectivity index (χ1n) is 8.28. The number of benzene rings is 2. The van der Waals surface area contributed by atoms with Crippen molar-refractivity contribution in [2.45, 2.75) is 19.8 Å². The maximum Gasteiger partial charge on any atom is 0.273 e. The summed E-state index contributed by atoms with van der Waals surface area (Å²) in [5.41, 5.74) is 6.57. The molecule has 0 radical (unpaired) electrons. The lowest BCUT2D eigenvalue weighted by atomic mass is 9.89. The molecule has 0 bridgehead atoms. The van der Waals surface area contributed by atoms with Gasteiger partial charge in [-0.1, -0.05) is 17.7 Å². The van der Waals surface area contributed by atoms with Gasteiger partial charge in [-0.25, -0.2) is 0 Å². The number of aromatic amines is 1. The van der Waals surface area contributed by atoms with E-state index < -0.39 is 0 Å². The zero-order chi connectivity index (χ0) is 17.4. The Kier molecular flexibility index (Phi) is 3.76. The van der Waals surface area contributed by atoms with Gasteiger partial charge in [-0.2, -0.15) is 5.10 Å². The van der Waals surface area contributed by atoms with Crippen molar-refractivity contribution >= 4 is 11.6 Å². The van der Waals surface area contributed by atoms with Crippen LogP contribution in [0.5, 0.6) is 5.75 Å². The first-order valence-corrected chi connectivity index (χ1v) is 8.28. The summed E-state index contributed by atoms with van der Waals surface area (Å²) in [7, 11) is 1.66. The highest BCUT2D eigenvalue weighted by molar-refractivity contribution is 6.05. The van der Waals surface area contributed by atoms with E-state index in [-0.39, 0.29) is 5.91 Å². The van der Waals surface area contributed by atoms with Crippen molar-refractivity contribution in [2.24, 2.45) is 0 Å². The van der Waals surface area contributed by atoms with Crippen LogP contribution >= 0.6 is 0 Å². The highest BCUT2D eigenvalue weighted by atomic mass is 16.5. The van der Waals surface area contributed by atoms with Crippen LogP contribution in [0.2, 0.25) is 0 Å². The minimum absolute atomic E-state index is 0.158. The minimum atomic E-state index is -0.158. The van der Waals surface area contributed by atoms with Crippen LogP contribution in [0.15, 0.2) is 42.5 Å². The summed E-state index contributed by atoms with van der Waals surface area (Å²) in [6.07, 6.45) is 1.65. The van der Waals surface area contributed by atoms with E-state index in [1.807, 2.05) is 49.4 Å². The summed E-state index contributed by atoms with van der Waals surface area (Å²) in [5.74, 6) is 0.685. The molecule has 0 spiro atoms. The molecule has 5 heteroatoms. The minimum Gasteiger partial charge on any atom is -0.497 e. The quantitative estimate of drug-likeness (QED) is 0.767. The Morgan fingerprint density at radius 3 is 2.72 bits per heavy atom. The van der Waals surface area contributed by atoms with Crippen LogP contribution in [-0.2, 0) is 12.8 Å². The van der Waals surface area contributed by atoms with E-state index in [1.54, 1.807) is 7.11 Å². The van der Waals surface area contributed by atoms with Gasteiger partial charge in [-0.15, -0.1) is 0 Å². The van der Waals surface area contributed by atoms with Crippen molar-refractivity contribution in [3.8, 4) is 17.0 Å². The van der Waals surface area contributed by atoms with Gasteiger partial charge in [0, 0.05) is 16.8 Å². The predicted molar refractivity (Wildman–Crippen MR) is 97.1 cm³/mol. The van der Waals surface area contributed by atoms with E-state index in [0.717, 1.165) is 46.7 Å². The van der Waals surface area contributed by atoms with E-state index >= 15 is 0 Å². The van der Waals surface area contributed by atoms with E-state index in [4.69, 9.17) is 4.74 Å². The molecule has 0 unspecified atom stereocenters. The maximum absolute atomic E-state index is 12.6. The number of nitrogens with zero attached hydrogens (tertiary/aromatic N) is 1. The highest BCUT2D eigenvalue weighted by Gasteiger charge is 2.25. The van der Waals surface area contributed by atoms with Gasteiger partial charge in [0.15, 0.2) is 0 Å². The number of H-pyrrole nitrogens is 1. The van der Waals surface area contributed by atoms with Crippen LogP contribution < -0.4 is 10.1 Å². The fourth-order valence-corrected chi connectivity index (χ4v) is 3.24. The Hall–Kier alpha value is -3.08. The second-order valence-corrected chi connectivity index (χ2v) is 6.27. The third-order valence-corrected chi connectivity index (χ3v) is 4.62.